The molecular formula is C10H20N2O2S. The molecule has 0 amide bonds. The molecule has 0 bridgehead atoms. The van der Waals surface area contributed by atoms with Gasteiger partial charge in [-0.2, -0.15) is 0 Å². The van der Waals surface area contributed by atoms with Crippen molar-refractivity contribution in [2.45, 2.75) is 25.7 Å². The molecule has 2 fully saturated rings. The van der Waals surface area contributed by atoms with Crippen LogP contribution < -0.4 is 5.32 Å². The van der Waals surface area contributed by atoms with Gasteiger partial charge >= 0.3 is 0 Å². The van der Waals surface area contributed by atoms with Crippen LogP contribution in [-0.4, -0.2) is 44.7 Å². The SMILES string of the molecule is O=S(=O)(CCC1CC1)N1CCCNCC1. The summed E-state index contributed by atoms with van der Waals surface area (Å²) in [5.41, 5.74) is 0. The molecular weight excluding hydrogens is 212 g/mol. The molecule has 2 aliphatic rings. The highest BCUT2D eigenvalue weighted by molar-refractivity contribution is 7.89. The molecule has 1 saturated heterocycles. The van der Waals surface area contributed by atoms with Crippen molar-refractivity contribution in [1.82, 2.24) is 9.62 Å². The summed E-state index contributed by atoms with van der Waals surface area (Å²) in [6, 6.07) is 0. The lowest BCUT2D eigenvalue weighted by atomic mass is 10.3. The van der Waals surface area contributed by atoms with Crippen molar-refractivity contribution in [3.05, 3.63) is 0 Å². The Morgan fingerprint density at radius 1 is 1.20 bits per heavy atom. The van der Waals surface area contributed by atoms with Gasteiger partial charge in [0.05, 0.1) is 5.75 Å². The normalized spacial score (nSPS) is 25.1. The molecule has 88 valence electrons. The monoisotopic (exact) mass is 232 g/mol. The predicted molar refractivity (Wildman–Crippen MR) is 60.2 cm³/mol. The first-order chi connectivity index (χ1) is 7.18. The molecule has 15 heavy (non-hydrogen) atoms. The molecule has 1 N–H and O–H groups in total. The highest BCUT2D eigenvalue weighted by Crippen LogP contribution is 2.32. The number of nitrogens with zero attached hydrogens (tertiary/aromatic N) is 1. The molecule has 1 saturated carbocycles. The Labute approximate surface area is 92.1 Å². The van der Waals surface area contributed by atoms with Gasteiger partial charge in [-0.05, 0) is 25.3 Å². The summed E-state index contributed by atoms with van der Waals surface area (Å²) >= 11 is 0. The van der Waals surface area contributed by atoms with Crippen LogP contribution in [0.1, 0.15) is 25.7 Å². The lowest BCUT2D eigenvalue weighted by molar-refractivity contribution is 0.430. The molecule has 0 spiro atoms. The van der Waals surface area contributed by atoms with Crippen molar-refractivity contribution in [2.75, 3.05) is 31.9 Å². The van der Waals surface area contributed by atoms with Crippen LogP contribution in [0.5, 0.6) is 0 Å². The Morgan fingerprint density at radius 2 is 2.00 bits per heavy atom. The average Bonchev–Trinajstić information content (AvgIpc) is 3.03. The number of hydrogen-bond acceptors (Lipinski definition) is 3. The predicted octanol–water partition coefficient (Wildman–Crippen LogP) is 0.412. The van der Waals surface area contributed by atoms with Crippen LogP contribution in [-0.2, 0) is 10.0 Å². The summed E-state index contributed by atoms with van der Waals surface area (Å²) in [4.78, 5) is 0. The van der Waals surface area contributed by atoms with Gasteiger partial charge in [0, 0.05) is 19.6 Å². The summed E-state index contributed by atoms with van der Waals surface area (Å²) in [5, 5.41) is 3.22. The lowest BCUT2D eigenvalue weighted by Gasteiger charge is -2.19. The molecule has 0 radical (unpaired) electrons. The minimum Gasteiger partial charge on any atom is -0.315 e. The van der Waals surface area contributed by atoms with Crippen LogP contribution in [0.2, 0.25) is 0 Å². The van der Waals surface area contributed by atoms with Gasteiger partial charge in [-0.25, -0.2) is 12.7 Å². The van der Waals surface area contributed by atoms with Crippen LogP contribution in [0, 0.1) is 5.92 Å². The number of sulfonamides is 1. The van der Waals surface area contributed by atoms with Crippen molar-refractivity contribution < 1.29 is 8.42 Å². The molecule has 0 atom stereocenters. The summed E-state index contributed by atoms with van der Waals surface area (Å²) in [6.07, 6.45) is 4.27. The molecule has 1 aliphatic carbocycles. The molecule has 0 aromatic heterocycles. The Hall–Kier alpha value is -0.130. The second-order valence-corrected chi connectivity index (χ2v) is 6.64. The molecule has 0 aromatic carbocycles. The maximum Gasteiger partial charge on any atom is 0.214 e. The smallest absolute Gasteiger partial charge is 0.214 e. The number of nitrogens with one attached hydrogen (secondary N) is 1. The Morgan fingerprint density at radius 3 is 2.73 bits per heavy atom. The van der Waals surface area contributed by atoms with Gasteiger partial charge in [-0.1, -0.05) is 12.8 Å². The van der Waals surface area contributed by atoms with E-state index in [2.05, 4.69) is 5.32 Å². The molecule has 2 rings (SSSR count). The Bertz CT molecular complexity index is 291. The zero-order valence-electron chi connectivity index (χ0n) is 9.11. The topological polar surface area (TPSA) is 49.4 Å². The summed E-state index contributed by atoms with van der Waals surface area (Å²) in [5.74, 6) is 1.06. The van der Waals surface area contributed by atoms with E-state index in [4.69, 9.17) is 0 Å². The van der Waals surface area contributed by atoms with Crippen LogP contribution in [0.4, 0.5) is 0 Å². The van der Waals surface area contributed by atoms with E-state index in [1.165, 1.54) is 12.8 Å². The Kier molecular flexibility index (Phi) is 3.64. The van der Waals surface area contributed by atoms with E-state index in [0.29, 0.717) is 24.8 Å². The fourth-order valence-corrected chi connectivity index (χ4v) is 3.62. The fourth-order valence-electron chi connectivity index (χ4n) is 1.95. The van der Waals surface area contributed by atoms with E-state index in [9.17, 15) is 8.42 Å². The minimum absolute atomic E-state index is 0.359. The van der Waals surface area contributed by atoms with Gasteiger partial charge in [-0.15, -0.1) is 0 Å². The third-order valence-electron chi connectivity index (χ3n) is 3.17. The number of rotatable bonds is 4. The molecule has 5 heteroatoms. The van der Waals surface area contributed by atoms with Crippen molar-refractivity contribution in [2.24, 2.45) is 5.92 Å². The van der Waals surface area contributed by atoms with Crippen LogP contribution in [0.3, 0.4) is 0 Å². The van der Waals surface area contributed by atoms with E-state index < -0.39 is 10.0 Å². The quantitative estimate of drug-likeness (QED) is 0.764. The van der Waals surface area contributed by atoms with Crippen molar-refractivity contribution in [1.29, 1.82) is 0 Å². The van der Waals surface area contributed by atoms with Gasteiger partial charge < -0.3 is 5.32 Å². The first-order valence-electron chi connectivity index (χ1n) is 5.87. The second kappa shape index (κ2) is 4.80. The maximum absolute atomic E-state index is 12.0. The summed E-state index contributed by atoms with van der Waals surface area (Å²) < 4.78 is 25.6. The summed E-state index contributed by atoms with van der Waals surface area (Å²) in [6.45, 7) is 3.07. The third kappa shape index (κ3) is 3.43. The second-order valence-electron chi connectivity index (χ2n) is 4.55. The van der Waals surface area contributed by atoms with Gasteiger partial charge in [0.2, 0.25) is 10.0 Å². The zero-order valence-corrected chi connectivity index (χ0v) is 9.93. The minimum atomic E-state index is -2.97. The Balaban J connectivity index is 1.86. The van der Waals surface area contributed by atoms with Gasteiger partial charge in [0.15, 0.2) is 0 Å². The zero-order chi connectivity index (χ0) is 10.7. The van der Waals surface area contributed by atoms with Crippen molar-refractivity contribution in [3.63, 3.8) is 0 Å². The average molecular weight is 232 g/mol. The highest BCUT2D eigenvalue weighted by Gasteiger charge is 2.27. The van der Waals surface area contributed by atoms with E-state index in [1.54, 1.807) is 4.31 Å². The van der Waals surface area contributed by atoms with E-state index in [-0.39, 0.29) is 0 Å². The molecule has 4 nitrogen and oxygen atoms in total. The lowest BCUT2D eigenvalue weighted by Crippen LogP contribution is -2.35. The van der Waals surface area contributed by atoms with E-state index in [0.717, 1.165) is 25.9 Å². The van der Waals surface area contributed by atoms with E-state index >= 15 is 0 Å². The van der Waals surface area contributed by atoms with Crippen LogP contribution in [0.25, 0.3) is 0 Å². The fraction of sp³-hybridized carbons (Fsp3) is 1.00. The molecule has 0 unspecified atom stereocenters. The largest absolute Gasteiger partial charge is 0.315 e. The van der Waals surface area contributed by atoms with Gasteiger partial charge in [-0.3, -0.25) is 0 Å². The molecule has 0 aromatic rings. The van der Waals surface area contributed by atoms with Crippen molar-refractivity contribution >= 4 is 10.0 Å². The van der Waals surface area contributed by atoms with Crippen LogP contribution in [0.15, 0.2) is 0 Å². The first kappa shape index (κ1) is 11.4. The van der Waals surface area contributed by atoms with Gasteiger partial charge in [0.25, 0.3) is 0 Å². The van der Waals surface area contributed by atoms with Gasteiger partial charge in [0.1, 0.15) is 0 Å². The maximum atomic E-state index is 12.0. The van der Waals surface area contributed by atoms with E-state index in [1.807, 2.05) is 0 Å². The third-order valence-corrected chi connectivity index (χ3v) is 5.08. The standard InChI is InChI=1S/C10H20N2O2S/c13-15(14,9-4-10-2-3-10)12-7-1-5-11-6-8-12/h10-11H,1-9H2. The molecule has 1 heterocycles. The summed E-state index contributed by atoms with van der Waals surface area (Å²) in [7, 11) is -2.97. The first-order valence-corrected chi connectivity index (χ1v) is 7.48. The highest BCUT2D eigenvalue weighted by atomic mass is 32.2. The van der Waals surface area contributed by atoms with Crippen molar-refractivity contribution in [3.8, 4) is 0 Å². The molecule has 1 aliphatic heterocycles. The van der Waals surface area contributed by atoms with Crippen LogP contribution >= 0.6 is 0 Å². The number of hydrogen-bond donors (Lipinski definition) is 1.